The average Bonchev–Trinajstić information content (AvgIpc) is 2.60. The maximum atomic E-state index is 12.3. The maximum absolute atomic E-state index is 12.3. The summed E-state index contributed by atoms with van der Waals surface area (Å²) in [7, 11) is 0. The molecule has 1 heterocycles. The summed E-state index contributed by atoms with van der Waals surface area (Å²) < 4.78 is 78.2. The molecule has 0 radical (unpaired) electrons. The van der Waals surface area contributed by atoms with Crippen LogP contribution >= 0.6 is 0 Å². The zero-order valence-electron chi connectivity index (χ0n) is 9.02. The van der Waals surface area contributed by atoms with Crippen LogP contribution in [0.4, 0.5) is 26.3 Å². The summed E-state index contributed by atoms with van der Waals surface area (Å²) in [6, 6.07) is 1.97. The molecule has 0 saturated carbocycles. The molecule has 0 saturated heterocycles. The number of halogens is 6. The Kier molecular flexibility index (Phi) is 3.78. The molecule has 0 unspecified atom stereocenters. The van der Waals surface area contributed by atoms with Gasteiger partial charge in [-0.25, -0.2) is 0 Å². The average molecular weight is 274 g/mol. The normalized spacial score (nSPS) is 13.1. The van der Waals surface area contributed by atoms with E-state index in [9.17, 15) is 31.1 Å². The van der Waals surface area contributed by atoms with E-state index in [4.69, 9.17) is 0 Å². The zero-order valence-corrected chi connectivity index (χ0v) is 9.02. The van der Waals surface area contributed by atoms with Crippen molar-refractivity contribution in [2.45, 2.75) is 25.7 Å². The molecule has 1 aromatic heterocycles. The molecule has 0 aromatic carbocycles. The number of hydrogen-bond donors (Lipinski definition) is 0. The maximum Gasteiger partial charge on any atom is 0.407 e. The van der Waals surface area contributed by atoms with Gasteiger partial charge in [0, 0.05) is 6.42 Å². The lowest BCUT2D eigenvalue weighted by molar-refractivity contribution is -0.265. The van der Waals surface area contributed by atoms with Gasteiger partial charge in [0.05, 0.1) is 0 Å². The van der Waals surface area contributed by atoms with Gasteiger partial charge in [-0.2, -0.15) is 26.3 Å². The van der Waals surface area contributed by atoms with E-state index in [-0.39, 0.29) is 12.2 Å². The molecule has 0 aliphatic rings. The molecule has 0 fully saturated rings. The van der Waals surface area contributed by atoms with Crippen molar-refractivity contribution < 1.29 is 35.6 Å². The second-order valence-corrected chi connectivity index (χ2v) is 3.50. The van der Waals surface area contributed by atoms with Crippen LogP contribution in [0.25, 0.3) is 0 Å². The molecule has 0 aliphatic carbocycles. The first-order valence-corrected chi connectivity index (χ1v) is 4.83. The van der Waals surface area contributed by atoms with Gasteiger partial charge in [-0.05, 0) is 12.1 Å². The molecule has 8 heteroatoms. The monoisotopic (exact) mass is 274 g/mol. The van der Waals surface area contributed by atoms with E-state index in [1.807, 2.05) is 0 Å². The minimum Gasteiger partial charge on any atom is -0.458 e. The highest BCUT2D eigenvalue weighted by molar-refractivity contribution is 5.96. The van der Waals surface area contributed by atoms with E-state index >= 15 is 0 Å². The smallest absolute Gasteiger partial charge is 0.407 e. The Labute approximate surface area is 97.6 Å². The summed E-state index contributed by atoms with van der Waals surface area (Å²) in [5.74, 6) is -6.98. The highest BCUT2D eigenvalue weighted by Crippen LogP contribution is 2.41. The molecular weight excluding hydrogens is 266 g/mol. The molecule has 0 amide bonds. The summed E-state index contributed by atoms with van der Waals surface area (Å²) in [4.78, 5) is 11.2. The molecule has 0 N–H and O–H groups in total. The van der Waals surface area contributed by atoms with E-state index in [2.05, 4.69) is 4.42 Å². The predicted molar refractivity (Wildman–Crippen MR) is 48.0 cm³/mol. The molecule has 0 aliphatic heterocycles. The Morgan fingerprint density at radius 3 is 2.00 bits per heavy atom. The van der Waals surface area contributed by atoms with Crippen molar-refractivity contribution in [3.63, 3.8) is 0 Å². The summed E-state index contributed by atoms with van der Waals surface area (Å²) in [5, 5.41) is 0. The number of furan rings is 1. The van der Waals surface area contributed by atoms with E-state index in [0.717, 1.165) is 12.1 Å². The molecule has 0 bridgehead atoms. The largest absolute Gasteiger partial charge is 0.458 e. The quantitative estimate of drug-likeness (QED) is 0.620. The number of carbonyl (C=O) groups is 1. The van der Waals surface area contributed by atoms with Crippen molar-refractivity contribution >= 4 is 5.78 Å². The summed E-state index contributed by atoms with van der Waals surface area (Å²) in [6.45, 7) is 1.58. The van der Waals surface area contributed by atoms with Crippen molar-refractivity contribution in [3.8, 4) is 0 Å². The van der Waals surface area contributed by atoms with Crippen LogP contribution in [0.2, 0.25) is 0 Å². The van der Waals surface area contributed by atoms with Crippen LogP contribution in [-0.4, -0.2) is 18.1 Å². The Hall–Kier alpha value is -1.47. The van der Waals surface area contributed by atoms with Gasteiger partial charge in [-0.3, -0.25) is 4.79 Å². The lowest BCUT2D eigenvalue weighted by Crippen LogP contribution is -2.42. The van der Waals surface area contributed by atoms with Gasteiger partial charge >= 0.3 is 12.4 Å². The van der Waals surface area contributed by atoms with Gasteiger partial charge in [-0.1, -0.05) is 6.92 Å². The highest BCUT2D eigenvalue weighted by Gasteiger charge is 2.61. The van der Waals surface area contributed by atoms with Crippen LogP contribution in [-0.2, 0) is 6.42 Å². The van der Waals surface area contributed by atoms with Gasteiger partial charge in [0.15, 0.2) is 5.76 Å². The van der Waals surface area contributed by atoms with E-state index in [1.54, 1.807) is 6.92 Å². The van der Waals surface area contributed by atoms with Crippen molar-refractivity contribution in [1.82, 2.24) is 0 Å². The van der Waals surface area contributed by atoms with Crippen LogP contribution < -0.4 is 0 Å². The fourth-order valence-electron chi connectivity index (χ4n) is 1.33. The van der Waals surface area contributed by atoms with Gasteiger partial charge in [0.25, 0.3) is 0 Å². The molecule has 102 valence electrons. The molecular formula is C10H8F6O2. The first-order chi connectivity index (χ1) is 8.07. The van der Waals surface area contributed by atoms with Gasteiger partial charge in [0.2, 0.25) is 11.7 Å². The third-order valence-electron chi connectivity index (χ3n) is 2.17. The lowest BCUT2D eigenvalue weighted by Gasteiger charge is -2.20. The van der Waals surface area contributed by atoms with Crippen LogP contribution in [0.15, 0.2) is 16.5 Å². The first-order valence-electron chi connectivity index (χ1n) is 4.83. The van der Waals surface area contributed by atoms with Gasteiger partial charge in [-0.15, -0.1) is 0 Å². The molecule has 0 spiro atoms. The van der Waals surface area contributed by atoms with Crippen LogP contribution in [0.3, 0.4) is 0 Å². The summed E-state index contributed by atoms with van der Waals surface area (Å²) in [6.07, 6.45) is -11.1. The summed E-state index contributed by atoms with van der Waals surface area (Å²) in [5.41, 5.74) is 0. The van der Waals surface area contributed by atoms with Crippen molar-refractivity contribution in [2.24, 2.45) is 5.92 Å². The zero-order chi connectivity index (χ0) is 14.1. The van der Waals surface area contributed by atoms with Gasteiger partial charge in [0.1, 0.15) is 5.76 Å². The predicted octanol–water partition coefficient (Wildman–Crippen LogP) is 3.77. The molecule has 2 nitrogen and oxygen atoms in total. The number of Topliss-reactive ketones (excluding diaryl/α,β-unsaturated/α-hetero) is 1. The first kappa shape index (κ1) is 14.6. The Balaban J connectivity index is 3.11. The third kappa shape index (κ3) is 3.05. The number of hydrogen-bond acceptors (Lipinski definition) is 2. The Morgan fingerprint density at radius 2 is 1.67 bits per heavy atom. The fourth-order valence-corrected chi connectivity index (χ4v) is 1.33. The van der Waals surface area contributed by atoms with Crippen molar-refractivity contribution in [1.29, 1.82) is 0 Å². The SMILES string of the molecule is CCc1ccc(C(=O)C(C(F)(F)F)C(F)(F)F)o1. The lowest BCUT2D eigenvalue weighted by atomic mass is 10.0. The minimum atomic E-state index is -5.70. The fraction of sp³-hybridized carbons (Fsp3) is 0.500. The second kappa shape index (κ2) is 4.66. The number of ketones is 1. The highest BCUT2D eigenvalue weighted by atomic mass is 19.4. The minimum absolute atomic E-state index is 0.140. The molecule has 1 aromatic rings. The van der Waals surface area contributed by atoms with Crippen LogP contribution in [0, 0.1) is 5.92 Å². The Morgan fingerprint density at radius 1 is 1.17 bits per heavy atom. The van der Waals surface area contributed by atoms with E-state index in [1.165, 1.54) is 0 Å². The van der Waals surface area contributed by atoms with E-state index in [0.29, 0.717) is 0 Å². The summed E-state index contributed by atoms with van der Waals surface area (Å²) >= 11 is 0. The Bertz CT molecular complexity index is 414. The molecule has 1 rings (SSSR count). The topological polar surface area (TPSA) is 30.2 Å². The van der Waals surface area contributed by atoms with E-state index < -0.39 is 29.8 Å². The van der Waals surface area contributed by atoms with Gasteiger partial charge < -0.3 is 4.42 Å². The third-order valence-corrected chi connectivity index (χ3v) is 2.17. The second-order valence-electron chi connectivity index (χ2n) is 3.50. The van der Waals surface area contributed by atoms with Crippen molar-refractivity contribution in [3.05, 3.63) is 23.7 Å². The number of aryl methyl sites for hydroxylation is 1. The van der Waals surface area contributed by atoms with Crippen LogP contribution in [0.5, 0.6) is 0 Å². The number of carbonyl (C=O) groups excluding carboxylic acids is 1. The molecule has 0 atom stereocenters. The number of rotatable bonds is 3. The van der Waals surface area contributed by atoms with Crippen molar-refractivity contribution in [2.75, 3.05) is 0 Å². The molecule has 18 heavy (non-hydrogen) atoms. The standard InChI is InChI=1S/C10H8F6O2/c1-2-5-3-4-6(18-5)7(17)8(9(11,12)13)10(14,15)16/h3-4,8H,2H2,1H3. The number of alkyl halides is 6. The van der Waals surface area contributed by atoms with Crippen LogP contribution in [0.1, 0.15) is 23.2 Å².